The van der Waals surface area contributed by atoms with Crippen molar-refractivity contribution in [2.75, 3.05) is 4.72 Å². The second kappa shape index (κ2) is 8.36. The molecule has 2 N–H and O–H groups in total. The second-order valence-electron chi connectivity index (χ2n) is 6.59. The van der Waals surface area contributed by atoms with Crippen LogP contribution < -0.4 is 10.0 Å². The average molecular weight is 375 g/mol. The molecule has 2 aromatic carbocycles. The first-order valence-corrected chi connectivity index (χ1v) is 10.2. The summed E-state index contributed by atoms with van der Waals surface area (Å²) in [5.41, 5.74) is 2.88. The van der Waals surface area contributed by atoms with Crippen LogP contribution in [0.4, 0.5) is 5.69 Å². The maximum atomic E-state index is 12.5. The number of aryl methyl sites for hydroxylation is 2. The summed E-state index contributed by atoms with van der Waals surface area (Å²) >= 11 is 0. The van der Waals surface area contributed by atoms with E-state index in [-0.39, 0.29) is 16.8 Å². The van der Waals surface area contributed by atoms with Gasteiger partial charge in [0.05, 0.1) is 4.90 Å². The quantitative estimate of drug-likeness (QED) is 0.768. The SMILES string of the molecule is CCCC(C)NC(=O)c1ccc(NS(=O)(=O)c2ccc(C)c(C)c2)cc1. The molecule has 0 bridgehead atoms. The van der Waals surface area contributed by atoms with Crippen molar-refractivity contribution in [2.24, 2.45) is 0 Å². The van der Waals surface area contributed by atoms with Crippen LogP contribution in [0.5, 0.6) is 0 Å². The Morgan fingerprint density at radius 2 is 1.69 bits per heavy atom. The Balaban J connectivity index is 2.10. The van der Waals surface area contributed by atoms with Crippen molar-refractivity contribution in [1.29, 1.82) is 0 Å². The molecule has 0 heterocycles. The Kier molecular flexibility index (Phi) is 6.42. The zero-order valence-corrected chi connectivity index (χ0v) is 16.5. The Labute approximate surface area is 155 Å². The number of hydrogen-bond donors (Lipinski definition) is 2. The molecule has 2 rings (SSSR count). The van der Waals surface area contributed by atoms with Crippen molar-refractivity contribution in [2.45, 2.75) is 51.5 Å². The molecule has 1 atom stereocenters. The fourth-order valence-electron chi connectivity index (χ4n) is 2.60. The minimum Gasteiger partial charge on any atom is -0.350 e. The number of benzene rings is 2. The lowest BCUT2D eigenvalue weighted by Gasteiger charge is -2.13. The van der Waals surface area contributed by atoms with Gasteiger partial charge in [-0.25, -0.2) is 8.42 Å². The number of sulfonamides is 1. The van der Waals surface area contributed by atoms with E-state index in [0.29, 0.717) is 11.3 Å². The van der Waals surface area contributed by atoms with Crippen molar-refractivity contribution in [3.05, 3.63) is 59.2 Å². The van der Waals surface area contributed by atoms with Crippen molar-refractivity contribution in [1.82, 2.24) is 5.32 Å². The molecule has 0 saturated heterocycles. The monoisotopic (exact) mass is 374 g/mol. The molecule has 2 aromatic rings. The van der Waals surface area contributed by atoms with Crippen LogP contribution in [-0.2, 0) is 10.0 Å². The highest BCUT2D eigenvalue weighted by Gasteiger charge is 2.15. The molecular formula is C20H26N2O3S. The van der Waals surface area contributed by atoms with E-state index in [1.54, 1.807) is 42.5 Å². The van der Waals surface area contributed by atoms with Crippen LogP contribution in [0.2, 0.25) is 0 Å². The zero-order valence-electron chi connectivity index (χ0n) is 15.7. The molecule has 140 valence electrons. The van der Waals surface area contributed by atoms with E-state index in [0.717, 1.165) is 24.0 Å². The zero-order chi connectivity index (χ0) is 19.3. The molecule has 1 unspecified atom stereocenters. The molecule has 26 heavy (non-hydrogen) atoms. The maximum Gasteiger partial charge on any atom is 0.261 e. The van der Waals surface area contributed by atoms with E-state index < -0.39 is 10.0 Å². The normalized spacial score (nSPS) is 12.5. The van der Waals surface area contributed by atoms with Crippen molar-refractivity contribution in [3.8, 4) is 0 Å². The number of anilines is 1. The summed E-state index contributed by atoms with van der Waals surface area (Å²) in [5.74, 6) is -0.158. The van der Waals surface area contributed by atoms with Crippen LogP contribution in [0, 0.1) is 13.8 Å². The molecule has 0 spiro atoms. The van der Waals surface area contributed by atoms with Crippen molar-refractivity contribution in [3.63, 3.8) is 0 Å². The van der Waals surface area contributed by atoms with Gasteiger partial charge in [-0.3, -0.25) is 9.52 Å². The molecule has 0 fully saturated rings. The van der Waals surface area contributed by atoms with Gasteiger partial charge in [0.15, 0.2) is 0 Å². The van der Waals surface area contributed by atoms with Gasteiger partial charge in [-0.2, -0.15) is 0 Å². The van der Waals surface area contributed by atoms with E-state index in [2.05, 4.69) is 17.0 Å². The summed E-state index contributed by atoms with van der Waals surface area (Å²) in [4.78, 5) is 12.4. The lowest BCUT2D eigenvalue weighted by atomic mass is 10.1. The summed E-state index contributed by atoms with van der Waals surface area (Å²) in [6, 6.07) is 11.6. The van der Waals surface area contributed by atoms with E-state index in [1.165, 1.54) is 0 Å². The van der Waals surface area contributed by atoms with Crippen LogP contribution in [0.3, 0.4) is 0 Å². The Bertz CT molecular complexity index is 874. The standard InChI is InChI=1S/C20H26N2O3S/c1-5-6-16(4)21-20(23)17-8-10-18(11-9-17)22-26(24,25)19-12-7-14(2)15(3)13-19/h7-13,16,22H,5-6H2,1-4H3,(H,21,23). The molecule has 0 aliphatic rings. The number of hydrogen-bond acceptors (Lipinski definition) is 3. The second-order valence-corrected chi connectivity index (χ2v) is 8.27. The Hall–Kier alpha value is -2.34. The van der Waals surface area contributed by atoms with E-state index >= 15 is 0 Å². The van der Waals surface area contributed by atoms with Gasteiger partial charge < -0.3 is 5.32 Å². The fraction of sp³-hybridized carbons (Fsp3) is 0.350. The van der Waals surface area contributed by atoms with Crippen molar-refractivity contribution < 1.29 is 13.2 Å². The number of carbonyl (C=O) groups is 1. The van der Waals surface area contributed by atoms with Gasteiger partial charge in [-0.05, 0) is 74.7 Å². The van der Waals surface area contributed by atoms with Gasteiger partial charge in [0.1, 0.15) is 0 Å². The van der Waals surface area contributed by atoms with E-state index in [4.69, 9.17) is 0 Å². The minimum absolute atomic E-state index is 0.107. The summed E-state index contributed by atoms with van der Waals surface area (Å²) in [6.45, 7) is 7.85. The third-order valence-electron chi connectivity index (χ3n) is 4.29. The molecule has 0 aromatic heterocycles. The van der Waals surface area contributed by atoms with Gasteiger partial charge >= 0.3 is 0 Å². The molecule has 5 nitrogen and oxygen atoms in total. The van der Waals surface area contributed by atoms with Gasteiger partial charge in [-0.15, -0.1) is 0 Å². The lowest BCUT2D eigenvalue weighted by molar-refractivity contribution is 0.0938. The van der Waals surface area contributed by atoms with Crippen LogP contribution in [-0.4, -0.2) is 20.4 Å². The summed E-state index contributed by atoms with van der Waals surface area (Å²) in [6.07, 6.45) is 1.92. The van der Waals surface area contributed by atoms with Crippen LogP contribution >= 0.6 is 0 Å². The van der Waals surface area contributed by atoms with Crippen LogP contribution in [0.1, 0.15) is 48.2 Å². The highest BCUT2D eigenvalue weighted by Crippen LogP contribution is 2.19. The van der Waals surface area contributed by atoms with Crippen LogP contribution in [0.15, 0.2) is 47.4 Å². The highest BCUT2D eigenvalue weighted by atomic mass is 32.2. The molecule has 6 heteroatoms. The van der Waals surface area contributed by atoms with Crippen LogP contribution in [0.25, 0.3) is 0 Å². The Morgan fingerprint density at radius 3 is 2.27 bits per heavy atom. The van der Waals surface area contributed by atoms with Gasteiger partial charge in [0.25, 0.3) is 15.9 Å². The maximum absolute atomic E-state index is 12.5. The number of carbonyl (C=O) groups excluding carboxylic acids is 1. The molecule has 0 aliphatic heterocycles. The largest absolute Gasteiger partial charge is 0.350 e. The minimum atomic E-state index is -3.66. The summed E-state index contributed by atoms with van der Waals surface area (Å²) in [7, 11) is -3.66. The van der Waals surface area contributed by atoms with Crippen molar-refractivity contribution >= 4 is 21.6 Å². The molecule has 0 radical (unpaired) electrons. The number of rotatable bonds is 7. The Morgan fingerprint density at radius 1 is 1.04 bits per heavy atom. The number of amides is 1. The first kappa shape index (κ1) is 20.0. The first-order chi connectivity index (χ1) is 12.2. The van der Waals surface area contributed by atoms with E-state index in [1.807, 2.05) is 20.8 Å². The third-order valence-corrected chi connectivity index (χ3v) is 5.67. The fourth-order valence-corrected chi connectivity index (χ4v) is 3.74. The third kappa shape index (κ3) is 5.08. The lowest BCUT2D eigenvalue weighted by Crippen LogP contribution is -2.32. The van der Waals surface area contributed by atoms with Gasteiger partial charge in [0, 0.05) is 17.3 Å². The summed E-state index contributed by atoms with van der Waals surface area (Å²) in [5, 5.41) is 2.92. The average Bonchev–Trinajstić information content (AvgIpc) is 2.57. The topological polar surface area (TPSA) is 75.3 Å². The molecule has 1 amide bonds. The first-order valence-electron chi connectivity index (χ1n) is 8.74. The van der Waals surface area contributed by atoms with Gasteiger partial charge in [0.2, 0.25) is 0 Å². The molecule has 0 aliphatic carbocycles. The summed E-state index contributed by atoms with van der Waals surface area (Å²) < 4.78 is 27.6. The predicted molar refractivity (Wildman–Crippen MR) is 105 cm³/mol. The molecular weight excluding hydrogens is 348 g/mol. The highest BCUT2D eigenvalue weighted by molar-refractivity contribution is 7.92. The molecule has 0 saturated carbocycles. The number of nitrogens with one attached hydrogen (secondary N) is 2. The smallest absolute Gasteiger partial charge is 0.261 e. The van der Waals surface area contributed by atoms with E-state index in [9.17, 15) is 13.2 Å². The van der Waals surface area contributed by atoms with Gasteiger partial charge in [-0.1, -0.05) is 19.4 Å². The predicted octanol–water partition coefficient (Wildman–Crippen LogP) is 4.02.